The smallest absolute Gasteiger partial charge is 0.407 e. The number of benzene rings is 1. The molecule has 6 nitrogen and oxygen atoms in total. The zero-order valence-corrected chi connectivity index (χ0v) is 13.1. The maximum absolute atomic E-state index is 11.6. The van der Waals surface area contributed by atoms with Crippen LogP contribution in [0.25, 0.3) is 0 Å². The Balaban J connectivity index is 1.81. The molecule has 120 valence electrons. The van der Waals surface area contributed by atoms with Gasteiger partial charge in [-0.1, -0.05) is 12.1 Å². The number of carbonyl (C=O) groups excluding carboxylic acids is 1. The monoisotopic (exact) mass is 306 g/mol. The van der Waals surface area contributed by atoms with Crippen LogP contribution < -0.4 is 10.6 Å². The number of ether oxygens (including phenoxy) is 1. The molecule has 1 aliphatic carbocycles. The molecule has 3 N–H and O–H groups in total. The fourth-order valence-corrected chi connectivity index (χ4v) is 2.34. The van der Waals surface area contributed by atoms with E-state index in [0.717, 1.165) is 12.8 Å². The van der Waals surface area contributed by atoms with Crippen molar-refractivity contribution in [2.24, 2.45) is 0 Å². The highest BCUT2D eigenvalue weighted by molar-refractivity contribution is 5.94. The van der Waals surface area contributed by atoms with Crippen molar-refractivity contribution in [2.75, 3.05) is 5.32 Å². The van der Waals surface area contributed by atoms with Crippen molar-refractivity contribution < 1.29 is 19.4 Å². The van der Waals surface area contributed by atoms with Crippen molar-refractivity contribution >= 4 is 17.7 Å². The van der Waals surface area contributed by atoms with Gasteiger partial charge in [-0.3, -0.25) is 0 Å². The standard InChI is InChI=1S/C16H22N2O4/c1-16(2,3)22-15(21)18-11-8-10(9-11)17-13-7-5-4-6-12(13)14(19)20/h4-7,10-11,17H,8-9H2,1-3H3,(H,18,21)(H,19,20). The molecule has 0 spiro atoms. The first kappa shape index (κ1) is 16.1. The van der Waals surface area contributed by atoms with Crippen molar-refractivity contribution in [3.63, 3.8) is 0 Å². The molecule has 6 heteroatoms. The molecule has 0 radical (unpaired) electrons. The van der Waals surface area contributed by atoms with Crippen molar-refractivity contribution in [2.45, 2.75) is 51.3 Å². The second-order valence-corrected chi connectivity index (χ2v) is 6.51. The minimum Gasteiger partial charge on any atom is -0.478 e. The summed E-state index contributed by atoms with van der Waals surface area (Å²) in [4.78, 5) is 22.8. The molecule has 1 amide bonds. The Morgan fingerprint density at radius 2 is 1.82 bits per heavy atom. The van der Waals surface area contributed by atoms with E-state index in [4.69, 9.17) is 9.84 Å². The van der Waals surface area contributed by atoms with Crippen molar-refractivity contribution in [1.29, 1.82) is 0 Å². The molecule has 1 aliphatic rings. The van der Waals surface area contributed by atoms with Crippen LogP contribution in [0.4, 0.5) is 10.5 Å². The summed E-state index contributed by atoms with van der Waals surface area (Å²) in [7, 11) is 0. The third-order valence-electron chi connectivity index (χ3n) is 3.38. The van der Waals surface area contributed by atoms with E-state index in [1.807, 2.05) is 20.8 Å². The van der Waals surface area contributed by atoms with E-state index in [9.17, 15) is 9.59 Å². The molecule has 0 aliphatic heterocycles. The predicted molar refractivity (Wildman–Crippen MR) is 83.2 cm³/mol. The number of anilines is 1. The number of nitrogens with one attached hydrogen (secondary N) is 2. The number of alkyl carbamates (subject to hydrolysis) is 1. The van der Waals surface area contributed by atoms with Gasteiger partial charge in [0.25, 0.3) is 0 Å². The number of carbonyl (C=O) groups is 2. The zero-order chi connectivity index (χ0) is 16.3. The summed E-state index contributed by atoms with van der Waals surface area (Å²) >= 11 is 0. The number of para-hydroxylation sites is 1. The summed E-state index contributed by atoms with van der Waals surface area (Å²) in [5, 5.41) is 15.2. The molecule has 22 heavy (non-hydrogen) atoms. The van der Waals surface area contributed by atoms with E-state index in [-0.39, 0.29) is 17.6 Å². The van der Waals surface area contributed by atoms with Crippen LogP contribution in [0.2, 0.25) is 0 Å². The molecule has 0 unspecified atom stereocenters. The minimum atomic E-state index is -0.953. The zero-order valence-electron chi connectivity index (χ0n) is 13.1. The summed E-state index contributed by atoms with van der Waals surface area (Å²) in [6.07, 6.45) is 1.07. The molecular weight excluding hydrogens is 284 g/mol. The van der Waals surface area contributed by atoms with Gasteiger partial charge in [-0.25, -0.2) is 9.59 Å². The molecule has 0 saturated heterocycles. The SMILES string of the molecule is CC(C)(C)OC(=O)NC1CC(Nc2ccccc2C(=O)O)C1. The average Bonchev–Trinajstić information content (AvgIpc) is 2.34. The van der Waals surface area contributed by atoms with E-state index in [1.54, 1.807) is 24.3 Å². The molecule has 2 rings (SSSR count). The summed E-state index contributed by atoms with van der Waals surface area (Å²) in [6, 6.07) is 7.02. The van der Waals surface area contributed by atoms with Gasteiger partial charge in [0.05, 0.1) is 5.56 Å². The largest absolute Gasteiger partial charge is 0.478 e. The molecule has 1 aromatic rings. The van der Waals surface area contributed by atoms with Gasteiger partial charge in [-0.2, -0.15) is 0 Å². The molecule has 0 atom stereocenters. The lowest BCUT2D eigenvalue weighted by atomic mass is 9.86. The maximum atomic E-state index is 11.6. The number of carboxylic acids is 1. The Morgan fingerprint density at radius 3 is 2.41 bits per heavy atom. The van der Waals surface area contributed by atoms with Gasteiger partial charge in [-0.15, -0.1) is 0 Å². The highest BCUT2D eigenvalue weighted by atomic mass is 16.6. The summed E-state index contributed by atoms with van der Waals surface area (Å²) in [6.45, 7) is 5.46. The Hall–Kier alpha value is -2.24. The van der Waals surface area contributed by atoms with Crippen LogP contribution in [0.1, 0.15) is 44.0 Å². The Morgan fingerprint density at radius 1 is 1.18 bits per heavy atom. The van der Waals surface area contributed by atoms with Gasteiger partial charge in [0.15, 0.2) is 0 Å². The van der Waals surface area contributed by atoms with Gasteiger partial charge in [0.2, 0.25) is 0 Å². The van der Waals surface area contributed by atoms with Crippen molar-refractivity contribution in [3.05, 3.63) is 29.8 Å². The number of hydrogen-bond donors (Lipinski definition) is 3. The number of hydrogen-bond acceptors (Lipinski definition) is 4. The van der Waals surface area contributed by atoms with Crippen LogP contribution in [0.5, 0.6) is 0 Å². The summed E-state index contributed by atoms with van der Waals surface area (Å²) < 4.78 is 5.20. The van der Waals surface area contributed by atoms with E-state index < -0.39 is 17.7 Å². The second-order valence-electron chi connectivity index (χ2n) is 6.51. The molecular formula is C16H22N2O4. The van der Waals surface area contributed by atoms with Crippen LogP contribution in [-0.2, 0) is 4.74 Å². The predicted octanol–water partition coefficient (Wildman–Crippen LogP) is 2.85. The van der Waals surface area contributed by atoms with E-state index >= 15 is 0 Å². The molecule has 0 aromatic heterocycles. The Labute approximate surface area is 129 Å². The van der Waals surface area contributed by atoms with E-state index in [1.165, 1.54) is 0 Å². The lowest BCUT2D eigenvalue weighted by molar-refractivity contribution is 0.0475. The second kappa shape index (κ2) is 6.25. The topological polar surface area (TPSA) is 87.7 Å². The number of amides is 1. The number of aromatic carboxylic acids is 1. The van der Waals surface area contributed by atoms with Crippen molar-refractivity contribution in [1.82, 2.24) is 5.32 Å². The Kier molecular flexibility index (Phi) is 4.59. The molecule has 1 fully saturated rings. The van der Waals surface area contributed by atoms with Crippen LogP contribution in [0, 0.1) is 0 Å². The van der Waals surface area contributed by atoms with Crippen LogP contribution >= 0.6 is 0 Å². The highest BCUT2D eigenvalue weighted by Crippen LogP contribution is 2.26. The fraction of sp³-hybridized carbons (Fsp3) is 0.500. The van der Waals surface area contributed by atoms with Gasteiger partial charge in [-0.05, 0) is 45.7 Å². The molecule has 1 aromatic carbocycles. The third kappa shape index (κ3) is 4.38. The van der Waals surface area contributed by atoms with Gasteiger partial charge in [0.1, 0.15) is 5.60 Å². The average molecular weight is 306 g/mol. The molecule has 1 saturated carbocycles. The van der Waals surface area contributed by atoms with E-state index in [0.29, 0.717) is 5.69 Å². The van der Waals surface area contributed by atoms with Gasteiger partial charge < -0.3 is 20.5 Å². The van der Waals surface area contributed by atoms with E-state index in [2.05, 4.69) is 10.6 Å². The lowest BCUT2D eigenvalue weighted by Crippen LogP contribution is -2.50. The van der Waals surface area contributed by atoms with Gasteiger partial charge in [0, 0.05) is 17.8 Å². The minimum absolute atomic E-state index is 0.0596. The summed E-state index contributed by atoms with van der Waals surface area (Å²) in [5.41, 5.74) is 0.355. The molecule has 0 bridgehead atoms. The number of rotatable bonds is 4. The van der Waals surface area contributed by atoms with Crippen LogP contribution in [0.3, 0.4) is 0 Å². The van der Waals surface area contributed by atoms with Crippen LogP contribution in [-0.4, -0.2) is 34.9 Å². The summed E-state index contributed by atoms with van der Waals surface area (Å²) in [5.74, 6) is -0.953. The quantitative estimate of drug-likeness (QED) is 0.796. The highest BCUT2D eigenvalue weighted by Gasteiger charge is 2.32. The van der Waals surface area contributed by atoms with Gasteiger partial charge >= 0.3 is 12.1 Å². The normalized spacial score (nSPS) is 20.7. The Bertz CT molecular complexity index is 560. The first-order chi connectivity index (χ1) is 10.2. The lowest BCUT2D eigenvalue weighted by Gasteiger charge is -2.37. The maximum Gasteiger partial charge on any atom is 0.407 e. The van der Waals surface area contributed by atoms with Crippen molar-refractivity contribution in [3.8, 4) is 0 Å². The molecule has 0 heterocycles. The van der Waals surface area contributed by atoms with Crippen LogP contribution in [0.15, 0.2) is 24.3 Å². The third-order valence-corrected chi connectivity index (χ3v) is 3.38. The first-order valence-corrected chi connectivity index (χ1v) is 7.33. The fourth-order valence-electron chi connectivity index (χ4n) is 2.34. The number of carboxylic acid groups (broad SMARTS) is 1. The first-order valence-electron chi connectivity index (χ1n) is 7.33.